The van der Waals surface area contributed by atoms with E-state index in [0.29, 0.717) is 51.4 Å². The summed E-state index contributed by atoms with van der Waals surface area (Å²) in [7, 11) is 3.11. The van der Waals surface area contributed by atoms with Crippen molar-refractivity contribution < 1.29 is 41.0 Å². The number of anilines is 1. The van der Waals surface area contributed by atoms with Crippen LogP contribution in [-0.4, -0.2) is 41.6 Å². The fourth-order valence-electron chi connectivity index (χ4n) is 5.20. The first kappa shape index (κ1) is 32.6. The zero-order valence-electron chi connectivity index (χ0n) is 24.7. The van der Waals surface area contributed by atoms with Crippen LogP contribution in [0.5, 0.6) is 5.75 Å². The summed E-state index contributed by atoms with van der Waals surface area (Å²) in [6.45, 7) is 4.59. The van der Waals surface area contributed by atoms with Gasteiger partial charge >= 0.3 is 6.18 Å². The van der Waals surface area contributed by atoms with Crippen molar-refractivity contribution in [3.8, 4) is 16.9 Å². The van der Waals surface area contributed by atoms with Gasteiger partial charge in [-0.05, 0) is 54.7 Å². The first-order valence-corrected chi connectivity index (χ1v) is 13.8. The number of ether oxygens (including phenoxy) is 2. The average molecular weight is 622 g/mol. The van der Waals surface area contributed by atoms with Gasteiger partial charge in [0.05, 0.1) is 31.9 Å². The number of hydrogen-bond acceptors (Lipinski definition) is 6. The van der Waals surface area contributed by atoms with Crippen LogP contribution in [-0.2, 0) is 36.2 Å². The number of hydrogen-bond donors (Lipinski definition) is 2. The van der Waals surface area contributed by atoms with Gasteiger partial charge in [-0.3, -0.25) is 14.4 Å². The Bertz CT molecular complexity index is 1640. The number of nitrogens with zero attached hydrogens (tertiary/aromatic N) is 1. The topological polar surface area (TPSA) is 98.7 Å². The number of Topliss-reactive ketones (excluding diaryl/α,β-unsaturated/α-hetero) is 1. The number of benzene rings is 2. The summed E-state index contributed by atoms with van der Waals surface area (Å²) in [6, 6.07) is 3.08. The Labute approximate surface area is 250 Å². The lowest BCUT2D eigenvalue weighted by Gasteiger charge is -2.22. The van der Waals surface area contributed by atoms with Gasteiger partial charge in [0.15, 0.2) is 5.78 Å². The van der Waals surface area contributed by atoms with E-state index in [1.54, 1.807) is 32.2 Å². The maximum atomic E-state index is 14.9. The van der Waals surface area contributed by atoms with E-state index in [9.17, 15) is 36.3 Å². The predicted molar refractivity (Wildman–Crippen MR) is 153 cm³/mol. The van der Waals surface area contributed by atoms with E-state index >= 15 is 0 Å². The monoisotopic (exact) mass is 621 g/mol. The molecule has 2 N–H and O–H groups in total. The van der Waals surface area contributed by atoms with Crippen molar-refractivity contribution in [1.82, 2.24) is 9.88 Å². The number of carbonyl (C=O) groups is 2. The number of methoxy groups -OCH3 is 1. The Morgan fingerprint density at radius 1 is 1.09 bits per heavy atom. The number of carbonyl (C=O) groups excluding carboxylic acids is 2. The number of nitrogens with one attached hydrogen (secondary N) is 2. The van der Waals surface area contributed by atoms with E-state index in [0.717, 1.165) is 0 Å². The van der Waals surface area contributed by atoms with E-state index in [2.05, 4.69) is 5.32 Å². The highest BCUT2D eigenvalue weighted by atomic mass is 19.4. The standard InChI is InChI=1S/C31H32F5N3O5/c1-6-26(31(34,35)36)37-18-11-22(32)28(23(33)12-18)29(41)38-24(16(3)40)10-17-7-8-19(21-14-44-13-20(17)21)27-25(43-5)9-15(2)39(4)30(27)42/h7-9,11-12,24,26,37H,6,10,13-14H2,1-5H3,(H,38,41)/t24-,26+/m0/s1. The minimum absolute atomic E-state index is 0.0528. The molecule has 2 aromatic carbocycles. The number of halogens is 5. The van der Waals surface area contributed by atoms with Crippen molar-refractivity contribution in [2.75, 3.05) is 12.4 Å². The van der Waals surface area contributed by atoms with Gasteiger partial charge in [0, 0.05) is 30.9 Å². The number of amides is 1. The Morgan fingerprint density at radius 3 is 2.30 bits per heavy atom. The molecule has 0 aliphatic carbocycles. The lowest BCUT2D eigenvalue weighted by Crippen LogP contribution is -2.42. The molecule has 1 aliphatic heterocycles. The third-order valence-electron chi connectivity index (χ3n) is 7.78. The van der Waals surface area contributed by atoms with E-state index in [1.807, 2.05) is 5.32 Å². The van der Waals surface area contributed by atoms with Crippen LogP contribution >= 0.6 is 0 Å². The zero-order valence-corrected chi connectivity index (χ0v) is 24.7. The molecule has 0 saturated carbocycles. The van der Waals surface area contributed by atoms with Crippen molar-refractivity contribution in [3.05, 3.63) is 80.3 Å². The first-order valence-electron chi connectivity index (χ1n) is 13.8. The fraction of sp³-hybridized carbons (Fsp3) is 0.387. The highest BCUT2D eigenvalue weighted by Crippen LogP contribution is 2.37. The summed E-state index contributed by atoms with van der Waals surface area (Å²) >= 11 is 0. The predicted octanol–water partition coefficient (Wildman–Crippen LogP) is 5.36. The average Bonchev–Trinajstić information content (AvgIpc) is 3.44. The van der Waals surface area contributed by atoms with Crippen LogP contribution in [0.2, 0.25) is 0 Å². The minimum Gasteiger partial charge on any atom is -0.496 e. The van der Waals surface area contributed by atoms with Crippen molar-refractivity contribution in [2.24, 2.45) is 7.05 Å². The maximum Gasteiger partial charge on any atom is 0.408 e. The summed E-state index contributed by atoms with van der Waals surface area (Å²) < 4.78 is 81.7. The number of pyridine rings is 1. The van der Waals surface area contributed by atoms with Crippen LogP contribution in [0.3, 0.4) is 0 Å². The fourth-order valence-corrected chi connectivity index (χ4v) is 5.20. The minimum atomic E-state index is -4.66. The molecule has 44 heavy (non-hydrogen) atoms. The third kappa shape index (κ3) is 6.47. The molecule has 0 fully saturated rings. The largest absolute Gasteiger partial charge is 0.496 e. The van der Waals surface area contributed by atoms with Crippen LogP contribution in [0.4, 0.5) is 27.6 Å². The molecule has 8 nitrogen and oxygen atoms in total. The van der Waals surface area contributed by atoms with Gasteiger partial charge in [-0.1, -0.05) is 19.1 Å². The Hall–Kier alpha value is -4.26. The number of rotatable bonds is 10. The zero-order chi connectivity index (χ0) is 32.5. The van der Waals surface area contributed by atoms with E-state index in [4.69, 9.17) is 9.47 Å². The van der Waals surface area contributed by atoms with Gasteiger partial charge in [0.1, 0.15) is 29.0 Å². The number of ketones is 1. The molecule has 236 valence electrons. The smallest absolute Gasteiger partial charge is 0.408 e. The molecule has 0 spiro atoms. The molecule has 0 saturated heterocycles. The molecule has 0 unspecified atom stereocenters. The van der Waals surface area contributed by atoms with Gasteiger partial charge in [-0.25, -0.2) is 8.78 Å². The van der Waals surface area contributed by atoms with Crippen molar-refractivity contribution in [1.29, 1.82) is 0 Å². The van der Waals surface area contributed by atoms with Gasteiger partial charge in [0.25, 0.3) is 11.5 Å². The number of alkyl halides is 3. The lowest BCUT2D eigenvalue weighted by molar-refractivity contribution is -0.142. The molecule has 4 rings (SSSR count). The summed E-state index contributed by atoms with van der Waals surface area (Å²) in [4.78, 5) is 38.7. The van der Waals surface area contributed by atoms with Crippen LogP contribution < -0.4 is 20.9 Å². The third-order valence-corrected chi connectivity index (χ3v) is 7.78. The maximum absolute atomic E-state index is 14.9. The molecular formula is C31H32F5N3O5. The summed E-state index contributed by atoms with van der Waals surface area (Å²) in [5.41, 5.74) is 1.87. The molecule has 3 aromatic rings. The van der Waals surface area contributed by atoms with Gasteiger partial charge in [-0.15, -0.1) is 0 Å². The summed E-state index contributed by atoms with van der Waals surface area (Å²) in [5, 5.41) is 4.39. The molecule has 1 amide bonds. The molecule has 1 aliphatic rings. The first-order chi connectivity index (χ1) is 20.7. The molecule has 0 radical (unpaired) electrons. The summed E-state index contributed by atoms with van der Waals surface area (Å²) in [6.07, 6.45) is -5.10. The van der Waals surface area contributed by atoms with Crippen LogP contribution in [0, 0.1) is 18.6 Å². The summed E-state index contributed by atoms with van der Waals surface area (Å²) in [5.74, 6) is -4.14. The lowest BCUT2D eigenvalue weighted by atomic mass is 9.90. The van der Waals surface area contributed by atoms with Gasteiger partial charge in [-0.2, -0.15) is 13.2 Å². The number of aromatic nitrogens is 1. The van der Waals surface area contributed by atoms with E-state index < -0.39 is 52.8 Å². The molecule has 2 atom stereocenters. The van der Waals surface area contributed by atoms with Crippen molar-refractivity contribution in [2.45, 2.75) is 65.1 Å². The molecule has 1 aromatic heterocycles. The Morgan fingerprint density at radius 2 is 1.73 bits per heavy atom. The second-order valence-corrected chi connectivity index (χ2v) is 10.6. The normalized spacial score (nSPS) is 14.1. The quantitative estimate of drug-likeness (QED) is 0.296. The Kier molecular flexibility index (Phi) is 9.47. The highest BCUT2D eigenvalue weighted by Gasteiger charge is 2.38. The second kappa shape index (κ2) is 12.8. The second-order valence-electron chi connectivity index (χ2n) is 10.6. The van der Waals surface area contributed by atoms with E-state index in [-0.39, 0.29) is 31.6 Å². The SMILES string of the molecule is CC[C@@H](Nc1cc(F)c(C(=O)N[C@@H](Cc2ccc(-c3c(OC)cc(C)n(C)c3=O)c3c2COC3)C(C)=O)c(F)c1)C(F)(F)F. The van der Waals surface area contributed by atoms with Gasteiger partial charge < -0.3 is 24.7 Å². The van der Waals surface area contributed by atoms with Crippen molar-refractivity contribution >= 4 is 17.4 Å². The Balaban J connectivity index is 1.62. The van der Waals surface area contributed by atoms with Crippen LogP contribution in [0.15, 0.2) is 35.1 Å². The van der Waals surface area contributed by atoms with Gasteiger partial charge in [0.2, 0.25) is 0 Å². The number of fused-ring (bicyclic) bond motifs is 1. The van der Waals surface area contributed by atoms with E-state index in [1.165, 1.54) is 25.5 Å². The number of aryl methyl sites for hydroxylation is 1. The molecule has 13 heteroatoms. The van der Waals surface area contributed by atoms with Crippen molar-refractivity contribution in [3.63, 3.8) is 0 Å². The highest BCUT2D eigenvalue weighted by molar-refractivity contribution is 5.98. The molecule has 2 heterocycles. The van der Waals surface area contributed by atoms with Crippen LogP contribution in [0.25, 0.3) is 11.1 Å². The van der Waals surface area contributed by atoms with Crippen LogP contribution in [0.1, 0.15) is 53.0 Å². The molecular weight excluding hydrogens is 589 g/mol. The molecule has 0 bridgehead atoms.